The molecule has 2 aromatic heterocycles. The highest BCUT2D eigenvalue weighted by Gasteiger charge is 2.20. The van der Waals surface area contributed by atoms with Crippen molar-refractivity contribution in [2.75, 3.05) is 0 Å². The van der Waals surface area contributed by atoms with E-state index in [1.807, 2.05) is 22.9 Å². The van der Waals surface area contributed by atoms with Crippen molar-refractivity contribution in [2.45, 2.75) is 11.3 Å². The molecule has 3 rings (SSSR count). The summed E-state index contributed by atoms with van der Waals surface area (Å²) < 4.78 is 28.8. The van der Waals surface area contributed by atoms with Gasteiger partial charge in [-0.25, -0.2) is 18.1 Å². The molecular formula is C16H11BrN4O3S. The maximum absolute atomic E-state index is 12.3. The lowest BCUT2D eigenvalue weighted by Crippen LogP contribution is -2.32. The summed E-state index contributed by atoms with van der Waals surface area (Å²) in [6.45, 7) is 0. The van der Waals surface area contributed by atoms with Crippen molar-refractivity contribution < 1.29 is 13.2 Å². The van der Waals surface area contributed by atoms with Gasteiger partial charge in [-0.05, 0) is 30.3 Å². The third-order valence-corrected chi connectivity index (χ3v) is 5.12. The molecule has 0 radical (unpaired) electrons. The Balaban J connectivity index is 1.79. The molecular weight excluding hydrogens is 408 g/mol. The zero-order valence-corrected chi connectivity index (χ0v) is 15.1. The lowest BCUT2D eigenvalue weighted by molar-refractivity contribution is -0.118. The zero-order valence-electron chi connectivity index (χ0n) is 12.7. The number of benzene rings is 1. The van der Waals surface area contributed by atoms with Crippen LogP contribution in [0.4, 0.5) is 0 Å². The van der Waals surface area contributed by atoms with E-state index in [-0.39, 0.29) is 16.9 Å². The molecule has 0 fully saturated rings. The summed E-state index contributed by atoms with van der Waals surface area (Å²) in [7, 11) is -4.08. The van der Waals surface area contributed by atoms with Gasteiger partial charge in [-0.1, -0.05) is 22.0 Å². The fourth-order valence-electron chi connectivity index (χ4n) is 2.26. The lowest BCUT2D eigenvalue weighted by atomic mass is 10.2. The Bertz CT molecular complexity index is 1080. The number of nitrogens with one attached hydrogen (secondary N) is 1. The van der Waals surface area contributed by atoms with Gasteiger partial charge < -0.3 is 4.40 Å². The van der Waals surface area contributed by atoms with Crippen LogP contribution in [-0.2, 0) is 21.2 Å². The number of halogens is 1. The molecule has 0 atom stereocenters. The summed E-state index contributed by atoms with van der Waals surface area (Å²) in [5, 5.41) is 8.93. The van der Waals surface area contributed by atoms with Crippen LogP contribution in [0.3, 0.4) is 0 Å². The van der Waals surface area contributed by atoms with Crippen molar-refractivity contribution in [3.63, 3.8) is 0 Å². The highest BCUT2D eigenvalue weighted by Crippen LogP contribution is 2.19. The summed E-state index contributed by atoms with van der Waals surface area (Å²) in [5.74, 6) is -0.707. The van der Waals surface area contributed by atoms with Gasteiger partial charge in [0.25, 0.3) is 10.0 Å². The van der Waals surface area contributed by atoms with Crippen LogP contribution >= 0.6 is 15.9 Å². The average molecular weight is 419 g/mol. The van der Waals surface area contributed by atoms with Crippen LogP contribution in [0.2, 0.25) is 0 Å². The number of rotatable bonds is 4. The average Bonchev–Trinajstić information content (AvgIpc) is 2.95. The van der Waals surface area contributed by atoms with Crippen LogP contribution < -0.4 is 4.72 Å². The minimum atomic E-state index is -4.08. The first-order chi connectivity index (χ1) is 11.9. The number of pyridine rings is 1. The van der Waals surface area contributed by atoms with Crippen molar-refractivity contribution in [1.29, 1.82) is 5.26 Å². The lowest BCUT2D eigenvalue weighted by Gasteiger charge is -2.07. The van der Waals surface area contributed by atoms with Crippen LogP contribution in [0.25, 0.3) is 5.65 Å². The van der Waals surface area contributed by atoms with Crippen LogP contribution in [0, 0.1) is 11.3 Å². The Morgan fingerprint density at radius 2 is 2.12 bits per heavy atom. The number of nitriles is 1. The van der Waals surface area contributed by atoms with E-state index in [0.29, 0.717) is 15.8 Å². The number of carbonyl (C=O) groups is 1. The highest BCUT2D eigenvalue weighted by molar-refractivity contribution is 9.10. The molecule has 0 aliphatic heterocycles. The summed E-state index contributed by atoms with van der Waals surface area (Å²) >= 11 is 3.14. The van der Waals surface area contributed by atoms with E-state index in [9.17, 15) is 13.2 Å². The predicted octanol–water partition coefficient (Wildman–Crippen LogP) is 2.02. The molecule has 3 aromatic rings. The van der Waals surface area contributed by atoms with Crippen LogP contribution in [0.1, 0.15) is 11.3 Å². The van der Waals surface area contributed by atoms with Gasteiger partial charge in [0.15, 0.2) is 0 Å². The van der Waals surface area contributed by atoms with Crippen molar-refractivity contribution >= 4 is 37.5 Å². The Labute approximate surface area is 152 Å². The Hall–Kier alpha value is -2.70. The quantitative estimate of drug-likeness (QED) is 0.697. The second-order valence-corrected chi connectivity index (χ2v) is 7.79. The van der Waals surface area contributed by atoms with Gasteiger partial charge in [0.05, 0.1) is 28.6 Å². The maximum Gasteiger partial charge on any atom is 0.264 e. The molecule has 0 aliphatic rings. The molecule has 0 saturated carbocycles. The number of nitrogens with zero attached hydrogens (tertiary/aromatic N) is 3. The first kappa shape index (κ1) is 17.1. The number of imidazole rings is 1. The topological polar surface area (TPSA) is 104 Å². The number of sulfonamides is 1. The number of fused-ring (bicyclic) bond motifs is 1. The normalized spacial score (nSPS) is 11.2. The minimum Gasteiger partial charge on any atom is -0.307 e. The third-order valence-electron chi connectivity index (χ3n) is 3.31. The van der Waals surface area contributed by atoms with E-state index in [4.69, 9.17) is 5.26 Å². The summed E-state index contributed by atoms with van der Waals surface area (Å²) in [4.78, 5) is 16.2. The van der Waals surface area contributed by atoms with E-state index < -0.39 is 15.9 Å². The Morgan fingerprint density at radius 3 is 2.84 bits per heavy atom. The molecule has 1 aromatic carbocycles. The number of amides is 1. The van der Waals surface area contributed by atoms with Crippen molar-refractivity contribution in [3.8, 4) is 6.07 Å². The number of hydrogen-bond donors (Lipinski definition) is 1. The SMILES string of the molecule is N#Cc1cc(Br)cc(S(=O)(=O)NC(=O)Cc2cn3ccccc3n2)c1. The third kappa shape index (κ3) is 3.87. The van der Waals surface area contributed by atoms with E-state index >= 15 is 0 Å². The van der Waals surface area contributed by atoms with Crippen molar-refractivity contribution in [1.82, 2.24) is 14.1 Å². The van der Waals surface area contributed by atoms with E-state index in [1.54, 1.807) is 22.9 Å². The number of carbonyl (C=O) groups excluding carboxylic acids is 1. The van der Waals surface area contributed by atoms with E-state index in [0.717, 1.165) is 0 Å². The van der Waals surface area contributed by atoms with Crippen LogP contribution in [0.5, 0.6) is 0 Å². The molecule has 1 N–H and O–H groups in total. The molecule has 126 valence electrons. The van der Waals surface area contributed by atoms with Crippen molar-refractivity contribution in [2.24, 2.45) is 0 Å². The fourth-order valence-corrected chi connectivity index (χ4v) is 3.96. The smallest absolute Gasteiger partial charge is 0.264 e. The largest absolute Gasteiger partial charge is 0.307 e. The molecule has 1 amide bonds. The summed E-state index contributed by atoms with van der Waals surface area (Å²) in [5.41, 5.74) is 1.28. The fraction of sp³-hybridized carbons (Fsp3) is 0.0625. The van der Waals surface area contributed by atoms with E-state index in [2.05, 4.69) is 20.9 Å². The van der Waals surface area contributed by atoms with Gasteiger partial charge in [-0.3, -0.25) is 4.79 Å². The monoisotopic (exact) mass is 418 g/mol. The summed E-state index contributed by atoms with van der Waals surface area (Å²) in [6.07, 6.45) is 3.26. The van der Waals surface area contributed by atoms with Gasteiger partial charge in [-0.15, -0.1) is 0 Å². The molecule has 7 nitrogen and oxygen atoms in total. The standard InChI is InChI=1S/C16H11BrN4O3S/c17-12-5-11(9-18)6-14(7-12)25(23,24)20-16(22)8-13-10-21-4-2-1-3-15(21)19-13/h1-7,10H,8H2,(H,20,22). The van der Waals surface area contributed by atoms with Gasteiger partial charge >= 0.3 is 0 Å². The first-order valence-corrected chi connectivity index (χ1v) is 9.34. The Morgan fingerprint density at radius 1 is 1.32 bits per heavy atom. The highest BCUT2D eigenvalue weighted by atomic mass is 79.9. The molecule has 25 heavy (non-hydrogen) atoms. The van der Waals surface area contributed by atoms with Crippen LogP contribution in [-0.4, -0.2) is 23.7 Å². The van der Waals surface area contributed by atoms with Gasteiger partial charge in [0, 0.05) is 16.9 Å². The molecule has 0 unspecified atom stereocenters. The maximum atomic E-state index is 12.3. The molecule has 0 aliphatic carbocycles. The molecule has 0 saturated heterocycles. The minimum absolute atomic E-state index is 0.165. The van der Waals surface area contributed by atoms with Gasteiger partial charge in [-0.2, -0.15) is 5.26 Å². The molecule has 9 heteroatoms. The first-order valence-electron chi connectivity index (χ1n) is 7.06. The van der Waals surface area contributed by atoms with E-state index in [1.165, 1.54) is 18.2 Å². The second kappa shape index (κ2) is 6.66. The number of hydrogen-bond acceptors (Lipinski definition) is 5. The molecule has 0 spiro atoms. The van der Waals surface area contributed by atoms with Crippen LogP contribution in [0.15, 0.2) is 58.2 Å². The van der Waals surface area contributed by atoms with Crippen molar-refractivity contribution in [3.05, 3.63) is 64.5 Å². The number of aromatic nitrogens is 2. The van der Waals surface area contributed by atoms with Gasteiger partial charge in [0.1, 0.15) is 5.65 Å². The summed E-state index contributed by atoms with van der Waals surface area (Å²) in [6, 6.07) is 11.3. The Kier molecular flexibility index (Phi) is 4.57. The zero-order chi connectivity index (χ0) is 18.0. The molecule has 0 bridgehead atoms. The predicted molar refractivity (Wildman–Crippen MR) is 93.1 cm³/mol. The molecule has 2 heterocycles. The second-order valence-electron chi connectivity index (χ2n) is 5.19. The van der Waals surface area contributed by atoms with Gasteiger partial charge in [0.2, 0.25) is 5.91 Å².